The van der Waals surface area contributed by atoms with Gasteiger partial charge in [0, 0.05) is 17.6 Å². The molecule has 0 spiro atoms. The fourth-order valence-corrected chi connectivity index (χ4v) is 5.43. The van der Waals surface area contributed by atoms with Crippen LogP contribution in [0, 0.1) is 12.3 Å². The van der Waals surface area contributed by atoms with Crippen molar-refractivity contribution in [2.24, 2.45) is 5.16 Å². The van der Waals surface area contributed by atoms with E-state index in [1.54, 1.807) is 0 Å². The average molecular weight is 562 g/mol. The zero-order chi connectivity index (χ0) is 27.7. The number of esters is 2. The van der Waals surface area contributed by atoms with E-state index >= 15 is 0 Å². The number of anilines is 1. The Morgan fingerprint density at radius 2 is 2.18 bits per heavy atom. The average Bonchev–Trinajstić information content (AvgIpc) is 3.34. The highest BCUT2D eigenvalue weighted by Crippen LogP contribution is 2.41. The van der Waals surface area contributed by atoms with Gasteiger partial charge in [-0.05, 0) is 12.0 Å². The van der Waals surface area contributed by atoms with Gasteiger partial charge < -0.3 is 25.4 Å². The molecule has 202 valence electrons. The van der Waals surface area contributed by atoms with Gasteiger partial charge in [0.15, 0.2) is 17.5 Å². The summed E-state index contributed by atoms with van der Waals surface area (Å²) < 4.78 is 10.1. The van der Waals surface area contributed by atoms with Crippen molar-refractivity contribution in [1.82, 2.24) is 15.2 Å². The number of fused-ring (bicyclic) bond motifs is 1. The smallest absolute Gasteiger partial charge is 0.358 e. The van der Waals surface area contributed by atoms with Crippen molar-refractivity contribution in [2.45, 2.75) is 44.0 Å². The number of carbonyl (C=O) groups excluding carboxylic acids is 4. The maximum Gasteiger partial charge on any atom is 0.358 e. The Labute approximate surface area is 227 Å². The molecule has 2 aliphatic rings. The summed E-state index contributed by atoms with van der Waals surface area (Å²) in [5, 5.41) is 7.50. The summed E-state index contributed by atoms with van der Waals surface area (Å²) in [7, 11) is 0. The third kappa shape index (κ3) is 6.73. The van der Waals surface area contributed by atoms with Gasteiger partial charge in [-0.2, -0.15) is 0 Å². The van der Waals surface area contributed by atoms with Gasteiger partial charge in [-0.3, -0.25) is 19.3 Å². The Hall–Kier alpha value is -3.83. The van der Waals surface area contributed by atoms with Crippen LogP contribution in [0.15, 0.2) is 34.5 Å². The molecule has 1 aromatic heterocycles. The van der Waals surface area contributed by atoms with Crippen LogP contribution in [0.5, 0.6) is 0 Å². The number of nitrogens with zero attached hydrogens (tertiary/aromatic N) is 3. The van der Waals surface area contributed by atoms with Crippen LogP contribution in [0.4, 0.5) is 5.13 Å². The number of unbranched alkanes of at least 4 members (excludes halogenated alkanes) is 2. The minimum Gasteiger partial charge on any atom is -0.428 e. The Kier molecular flexibility index (Phi) is 10.3. The molecule has 0 aliphatic carbocycles. The number of hydrogen-bond donors (Lipinski definition) is 2. The molecule has 2 atom stereocenters. The second-order valence-electron chi connectivity index (χ2n) is 7.95. The van der Waals surface area contributed by atoms with Crippen LogP contribution in [0.2, 0.25) is 0 Å². The molecule has 12 nitrogen and oxygen atoms in total. The summed E-state index contributed by atoms with van der Waals surface area (Å²) in [5.74, 6) is -0.0273. The van der Waals surface area contributed by atoms with Crippen LogP contribution in [0.3, 0.4) is 0 Å². The molecule has 0 radical (unpaired) electrons. The van der Waals surface area contributed by atoms with Crippen LogP contribution >= 0.6 is 23.1 Å². The molecule has 3 N–H and O–H groups in total. The number of thiazole rings is 1. The largest absolute Gasteiger partial charge is 0.428 e. The molecule has 2 aliphatic heterocycles. The number of nitrogen functional groups attached to an aromatic ring is 1. The summed E-state index contributed by atoms with van der Waals surface area (Å²) in [6.45, 7) is 4.96. The van der Waals surface area contributed by atoms with Crippen LogP contribution < -0.4 is 11.1 Å². The zero-order valence-electron chi connectivity index (χ0n) is 20.6. The molecule has 0 saturated carbocycles. The van der Waals surface area contributed by atoms with E-state index in [-0.39, 0.29) is 35.3 Å². The lowest BCUT2D eigenvalue weighted by Gasteiger charge is -2.49. The van der Waals surface area contributed by atoms with Gasteiger partial charge in [0.25, 0.3) is 11.8 Å². The summed E-state index contributed by atoms with van der Waals surface area (Å²) in [6, 6.07) is -0.966. The number of hydrogen-bond acceptors (Lipinski definition) is 12. The monoisotopic (exact) mass is 561 g/mol. The lowest BCUT2D eigenvalue weighted by molar-refractivity contribution is -0.168. The van der Waals surface area contributed by atoms with Crippen molar-refractivity contribution in [3.8, 4) is 12.3 Å². The second kappa shape index (κ2) is 13.6. The molecule has 1 fully saturated rings. The lowest BCUT2D eigenvalue weighted by atomic mass is 10.0. The maximum absolute atomic E-state index is 13.1. The Bertz CT molecular complexity index is 1200. The number of carbonyl (C=O) groups is 4. The van der Waals surface area contributed by atoms with Crippen molar-refractivity contribution in [3.05, 3.63) is 35.0 Å². The number of nitrogens with two attached hydrogens (primary N) is 1. The lowest BCUT2D eigenvalue weighted by Crippen LogP contribution is -2.71. The fraction of sp³-hybridized carbons (Fsp3) is 0.417. The van der Waals surface area contributed by atoms with Crippen molar-refractivity contribution in [1.29, 1.82) is 0 Å². The van der Waals surface area contributed by atoms with E-state index in [1.165, 1.54) is 28.1 Å². The summed E-state index contributed by atoms with van der Waals surface area (Å²) >= 11 is 2.43. The Morgan fingerprint density at radius 3 is 2.84 bits per heavy atom. The number of aromatic nitrogens is 1. The van der Waals surface area contributed by atoms with Gasteiger partial charge in [-0.15, -0.1) is 29.5 Å². The van der Waals surface area contributed by atoms with Gasteiger partial charge >= 0.3 is 11.9 Å². The standard InChI is InChI=1S/C24H27N5O7S2/c1-4-7-8-9-16(30)34-13-35-23(33)19-14(6-3)11-37-22-18(21(32)29(19)22)27-20(31)17(28-36-10-5-2)15-12-38-24(25)26-15/h2,6,12,18,22H,3-4,7-11,13H2,1H3,(H2,25,26)(H,27,31)/b28-17+. The zero-order valence-corrected chi connectivity index (χ0v) is 22.3. The molecule has 38 heavy (non-hydrogen) atoms. The van der Waals surface area contributed by atoms with Crippen molar-refractivity contribution >= 4 is 57.7 Å². The summed E-state index contributed by atoms with van der Waals surface area (Å²) in [6.07, 6.45) is 9.37. The van der Waals surface area contributed by atoms with Gasteiger partial charge in [0.2, 0.25) is 6.79 Å². The number of nitrogens with one attached hydrogen (secondary N) is 1. The minimum atomic E-state index is -0.966. The molecule has 3 heterocycles. The fourth-order valence-electron chi connectivity index (χ4n) is 3.54. The molecular weight excluding hydrogens is 534 g/mol. The molecule has 1 saturated heterocycles. The van der Waals surface area contributed by atoms with Crippen LogP contribution in [-0.4, -0.2) is 69.9 Å². The number of amides is 2. The third-order valence-corrected chi connectivity index (χ3v) is 7.38. The van der Waals surface area contributed by atoms with Crippen molar-refractivity contribution < 1.29 is 33.5 Å². The van der Waals surface area contributed by atoms with E-state index in [9.17, 15) is 19.2 Å². The van der Waals surface area contributed by atoms with Crippen LogP contribution in [0.1, 0.15) is 38.3 Å². The topological polar surface area (TPSA) is 163 Å². The predicted octanol–water partition coefficient (Wildman–Crippen LogP) is 1.54. The van der Waals surface area contributed by atoms with E-state index in [0.717, 1.165) is 24.2 Å². The number of allylic oxidation sites excluding steroid dienone is 1. The first-order chi connectivity index (χ1) is 18.3. The molecule has 14 heteroatoms. The maximum atomic E-state index is 13.1. The van der Waals surface area contributed by atoms with Gasteiger partial charge in [-0.1, -0.05) is 43.5 Å². The number of β-lactam (4-membered cyclic amide) rings is 1. The number of thioether (sulfide) groups is 1. The highest BCUT2D eigenvalue weighted by Gasteiger charge is 2.54. The van der Waals surface area contributed by atoms with E-state index in [0.29, 0.717) is 17.7 Å². The summed E-state index contributed by atoms with van der Waals surface area (Å²) in [5.41, 5.74) is 6.08. The Balaban J connectivity index is 1.66. The highest BCUT2D eigenvalue weighted by molar-refractivity contribution is 8.00. The third-order valence-electron chi connectivity index (χ3n) is 5.40. The molecule has 3 rings (SSSR count). The van der Waals surface area contributed by atoms with E-state index in [1.807, 2.05) is 6.92 Å². The van der Waals surface area contributed by atoms with E-state index in [4.69, 9.17) is 26.5 Å². The second-order valence-corrected chi connectivity index (χ2v) is 9.95. The molecule has 2 amide bonds. The highest BCUT2D eigenvalue weighted by atomic mass is 32.2. The van der Waals surface area contributed by atoms with Crippen LogP contribution in [-0.2, 0) is 33.5 Å². The SMILES string of the molecule is C#CCO/N=C(/C(=O)NC1C(=O)N2C(C(=O)OCOC(=O)CCCCC)=C(C=C)CSC12)c1csc(N)n1. The molecule has 0 bridgehead atoms. The van der Waals surface area contributed by atoms with Crippen molar-refractivity contribution in [2.75, 3.05) is 24.9 Å². The minimum absolute atomic E-state index is 0.0141. The number of ether oxygens (including phenoxy) is 2. The Morgan fingerprint density at radius 1 is 1.39 bits per heavy atom. The first kappa shape index (κ1) is 28.7. The first-order valence-electron chi connectivity index (χ1n) is 11.6. The van der Waals surface area contributed by atoms with Crippen LogP contribution in [0.25, 0.3) is 0 Å². The van der Waals surface area contributed by atoms with E-state index in [2.05, 4.69) is 28.0 Å². The number of rotatable bonds is 13. The van der Waals surface area contributed by atoms with E-state index < -0.39 is 42.0 Å². The number of terminal acetylenes is 1. The predicted molar refractivity (Wildman–Crippen MR) is 141 cm³/mol. The molecule has 2 unspecified atom stereocenters. The molecule has 0 aromatic carbocycles. The number of oxime groups is 1. The van der Waals surface area contributed by atoms with Gasteiger partial charge in [0.05, 0.1) is 0 Å². The van der Waals surface area contributed by atoms with Gasteiger partial charge in [0.1, 0.15) is 22.8 Å². The molecule has 1 aromatic rings. The molecular formula is C24H27N5O7S2. The normalized spacial score (nSPS) is 18.6. The first-order valence-corrected chi connectivity index (χ1v) is 13.5. The van der Waals surface area contributed by atoms with Gasteiger partial charge in [-0.25, -0.2) is 9.78 Å². The summed E-state index contributed by atoms with van der Waals surface area (Å²) in [4.78, 5) is 60.9. The van der Waals surface area contributed by atoms with Crippen molar-refractivity contribution in [3.63, 3.8) is 0 Å². The quantitative estimate of drug-likeness (QED) is 0.0687.